The summed E-state index contributed by atoms with van der Waals surface area (Å²) in [5.41, 5.74) is 7.92. The Hall–Kier alpha value is -2.69. The fraction of sp³-hybridized carbons (Fsp3) is 0.235. The predicted molar refractivity (Wildman–Crippen MR) is 92.8 cm³/mol. The summed E-state index contributed by atoms with van der Waals surface area (Å²) in [6.45, 7) is 1.42. The molecule has 0 amide bonds. The van der Waals surface area contributed by atoms with E-state index in [2.05, 4.69) is 27.3 Å². The third kappa shape index (κ3) is 4.70. The maximum Gasteiger partial charge on any atom is 0.193 e. The van der Waals surface area contributed by atoms with Crippen molar-refractivity contribution in [1.29, 1.82) is 0 Å². The lowest BCUT2D eigenvalue weighted by Gasteiger charge is -2.18. The van der Waals surface area contributed by atoms with Crippen molar-refractivity contribution >= 4 is 17.3 Å². The third-order valence-corrected chi connectivity index (χ3v) is 3.26. The molecular weight excluding hydrogens is 276 g/mol. The van der Waals surface area contributed by atoms with E-state index in [1.165, 1.54) is 0 Å². The van der Waals surface area contributed by atoms with Crippen LogP contribution in [0.2, 0.25) is 0 Å². The Bertz CT molecular complexity index is 613. The van der Waals surface area contributed by atoms with Gasteiger partial charge >= 0.3 is 0 Å². The number of hydrogen-bond acceptors (Lipinski definition) is 3. The van der Waals surface area contributed by atoms with E-state index in [-0.39, 0.29) is 0 Å². The molecule has 5 nitrogen and oxygen atoms in total. The zero-order valence-electron chi connectivity index (χ0n) is 13.0. The standard InChI is InChI=1S/C17H22N4O/c1-21(15-8-4-3-5-9-15)12-11-19-17(18)20-14-7-6-10-16(13-14)22-2/h3-10,13H,11-12H2,1-2H3,(H3,18,19,20). The van der Waals surface area contributed by atoms with Crippen LogP contribution in [-0.4, -0.2) is 33.2 Å². The average molecular weight is 298 g/mol. The van der Waals surface area contributed by atoms with E-state index in [4.69, 9.17) is 10.5 Å². The van der Waals surface area contributed by atoms with Crippen molar-refractivity contribution in [2.75, 3.05) is 37.5 Å². The van der Waals surface area contributed by atoms with E-state index in [1.54, 1.807) is 7.11 Å². The number of aliphatic imine (C=N–C) groups is 1. The van der Waals surface area contributed by atoms with Crippen LogP contribution < -0.4 is 20.7 Å². The summed E-state index contributed by atoms with van der Waals surface area (Å²) >= 11 is 0. The molecule has 2 aromatic rings. The first-order valence-electron chi connectivity index (χ1n) is 7.16. The normalized spacial score (nSPS) is 11.1. The second kappa shape index (κ2) is 7.93. The van der Waals surface area contributed by atoms with Crippen molar-refractivity contribution in [3.63, 3.8) is 0 Å². The van der Waals surface area contributed by atoms with Gasteiger partial charge in [0, 0.05) is 31.0 Å². The molecule has 0 saturated heterocycles. The summed E-state index contributed by atoms with van der Waals surface area (Å²) in [4.78, 5) is 6.48. The van der Waals surface area contributed by atoms with Gasteiger partial charge in [-0.1, -0.05) is 24.3 Å². The van der Waals surface area contributed by atoms with Gasteiger partial charge in [0.05, 0.1) is 13.7 Å². The molecule has 0 bridgehead atoms. The van der Waals surface area contributed by atoms with Crippen molar-refractivity contribution in [3.8, 4) is 5.75 Å². The molecule has 0 fully saturated rings. The molecule has 0 radical (unpaired) electrons. The van der Waals surface area contributed by atoms with Gasteiger partial charge in [-0.05, 0) is 24.3 Å². The third-order valence-electron chi connectivity index (χ3n) is 3.26. The molecule has 0 unspecified atom stereocenters. The van der Waals surface area contributed by atoms with Crippen molar-refractivity contribution in [2.45, 2.75) is 0 Å². The van der Waals surface area contributed by atoms with Crippen LogP contribution in [0, 0.1) is 0 Å². The molecule has 0 atom stereocenters. The fourth-order valence-electron chi connectivity index (χ4n) is 2.02. The lowest BCUT2D eigenvalue weighted by Crippen LogP contribution is -2.26. The van der Waals surface area contributed by atoms with Crippen LogP contribution in [0.4, 0.5) is 11.4 Å². The van der Waals surface area contributed by atoms with E-state index in [0.717, 1.165) is 23.7 Å². The van der Waals surface area contributed by atoms with Crippen LogP contribution in [0.1, 0.15) is 0 Å². The Morgan fingerprint density at radius 3 is 2.68 bits per heavy atom. The first-order chi connectivity index (χ1) is 10.7. The van der Waals surface area contributed by atoms with Crippen LogP contribution in [0.15, 0.2) is 59.6 Å². The van der Waals surface area contributed by atoms with Crippen molar-refractivity contribution in [3.05, 3.63) is 54.6 Å². The Labute approximate surface area is 131 Å². The zero-order valence-corrected chi connectivity index (χ0v) is 13.0. The largest absolute Gasteiger partial charge is 0.497 e. The Kier molecular flexibility index (Phi) is 5.65. The monoisotopic (exact) mass is 298 g/mol. The molecular formula is C17H22N4O. The molecule has 0 spiro atoms. The summed E-state index contributed by atoms with van der Waals surface area (Å²) in [5.74, 6) is 1.18. The number of likely N-dealkylation sites (N-methyl/N-ethyl adjacent to an activating group) is 1. The van der Waals surface area contributed by atoms with Crippen LogP contribution in [0.5, 0.6) is 5.75 Å². The number of benzene rings is 2. The van der Waals surface area contributed by atoms with Gasteiger partial charge in [-0.3, -0.25) is 4.99 Å². The summed E-state index contributed by atoms with van der Waals surface area (Å²) in [5, 5.41) is 3.06. The highest BCUT2D eigenvalue weighted by Crippen LogP contribution is 2.16. The second-order valence-electron chi connectivity index (χ2n) is 4.88. The number of guanidine groups is 1. The number of hydrogen-bond donors (Lipinski definition) is 2. The number of para-hydroxylation sites is 1. The maximum atomic E-state index is 5.90. The lowest BCUT2D eigenvalue weighted by molar-refractivity contribution is 0.415. The fourth-order valence-corrected chi connectivity index (χ4v) is 2.02. The quantitative estimate of drug-likeness (QED) is 0.635. The van der Waals surface area contributed by atoms with Gasteiger partial charge in [0.15, 0.2) is 5.96 Å². The van der Waals surface area contributed by atoms with Crippen molar-refractivity contribution in [2.24, 2.45) is 10.7 Å². The number of rotatable bonds is 6. The van der Waals surface area contributed by atoms with E-state index in [0.29, 0.717) is 12.5 Å². The van der Waals surface area contributed by atoms with Gasteiger partial charge in [0.25, 0.3) is 0 Å². The summed E-state index contributed by atoms with van der Waals surface area (Å²) in [7, 11) is 3.67. The van der Waals surface area contributed by atoms with E-state index < -0.39 is 0 Å². The van der Waals surface area contributed by atoms with Gasteiger partial charge in [-0.25, -0.2) is 0 Å². The van der Waals surface area contributed by atoms with Crippen molar-refractivity contribution in [1.82, 2.24) is 0 Å². The van der Waals surface area contributed by atoms with Crippen molar-refractivity contribution < 1.29 is 4.74 Å². The van der Waals surface area contributed by atoms with E-state index in [1.807, 2.05) is 49.5 Å². The minimum Gasteiger partial charge on any atom is -0.497 e. The number of methoxy groups -OCH3 is 1. The van der Waals surface area contributed by atoms with Gasteiger partial charge < -0.3 is 20.7 Å². The highest BCUT2D eigenvalue weighted by molar-refractivity contribution is 5.92. The molecule has 2 rings (SSSR count). The molecule has 0 heterocycles. The molecule has 0 aliphatic rings. The molecule has 0 saturated carbocycles. The number of nitrogens with one attached hydrogen (secondary N) is 1. The Balaban J connectivity index is 1.85. The summed E-state index contributed by atoms with van der Waals surface area (Å²) in [6.07, 6.45) is 0. The summed E-state index contributed by atoms with van der Waals surface area (Å²) < 4.78 is 5.17. The van der Waals surface area contributed by atoms with Crippen LogP contribution in [-0.2, 0) is 0 Å². The van der Waals surface area contributed by atoms with Gasteiger partial charge in [-0.2, -0.15) is 0 Å². The molecule has 116 valence electrons. The first-order valence-corrected chi connectivity index (χ1v) is 7.16. The highest BCUT2D eigenvalue weighted by atomic mass is 16.5. The van der Waals surface area contributed by atoms with Crippen LogP contribution >= 0.6 is 0 Å². The first kappa shape index (κ1) is 15.7. The minimum absolute atomic E-state index is 0.398. The number of nitrogens with two attached hydrogens (primary N) is 1. The van der Waals surface area contributed by atoms with Crippen LogP contribution in [0.25, 0.3) is 0 Å². The smallest absolute Gasteiger partial charge is 0.193 e. The van der Waals surface area contributed by atoms with Crippen LogP contribution in [0.3, 0.4) is 0 Å². The maximum absolute atomic E-state index is 5.90. The molecule has 0 aliphatic heterocycles. The number of ether oxygens (including phenoxy) is 1. The summed E-state index contributed by atoms with van der Waals surface area (Å²) in [6, 6.07) is 17.8. The molecule has 3 N–H and O–H groups in total. The predicted octanol–water partition coefficient (Wildman–Crippen LogP) is 2.56. The van der Waals surface area contributed by atoms with Gasteiger partial charge in [0.1, 0.15) is 5.75 Å². The van der Waals surface area contributed by atoms with Gasteiger partial charge in [0.2, 0.25) is 0 Å². The highest BCUT2D eigenvalue weighted by Gasteiger charge is 2.00. The number of nitrogens with zero attached hydrogens (tertiary/aromatic N) is 2. The Morgan fingerprint density at radius 1 is 1.18 bits per heavy atom. The molecule has 2 aromatic carbocycles. The minimum atomic E-state index is 0.398. The SMILES string of the molecule is COc1cccc(NC(N)=NCCN(C)c2ccccc2)c1. The topological polar surface area (TPSA) is 62.9 Å². The van der Waals surface area contributed by atoms with E-state index >= 15 is 0 Å². The molecule has 0 aromatic heterocycles. The molecule has 0 aliphatic carbocycles. The number of anilines is 2. The van der Waals surface area contributed by atoms with Gasteiger partial charge in [-0.15, -0.1) is 0 Å². The zero-order chi connectivity index (χ0) is 15.8. The molecule has 5 heteroatoms. The second-order valence-corrected chi connectivity index (χ2v) is 4.88. The van der Waals surface area contributed by atoms with E-state index in [9.17, 15) is 0 Å². The lowest BCUT2D eigenvalue weighted by atomic mass is 10.3. The molecule has 22 heavy (non-hydrogen) atoms. The average Bonchev–Trinajstić information content (AvgIpc) is 2.55. The Morgan fingerprint density at radius 2 is 1.95 bits per heavy atom.